The molecule has 1 atom stereocenters. The molecule has 31 heavy (non-hydrogen) atoms. The topological polar surface area (TPSA) is 132 Å². The van der Waals surface area contributed by atoms with Gasteiger partial charge in [-0.05, 0) is 24.3 Å². The molecule has 0 unspecified atom stereocenters. The van der Waals surface area contributed by atoms with E-state index in [1.807, 2.05) is 0 Å². The van der Waals surface area contributed by atoms with E-state index in [1.54, 1.807) is 54.1 Å². The van der Waals surface area contributed by atoms with Crippen LogP contribution in [-0.4, -0.2) is 44.4 Å². The Morgan fingerprint density at radius 1 is 1.26 bits per heavy atom. The summed E-state index contributed by atoms with van der Waals surface area (Å²) in [6.45, 7) is -0.372. The van der Waals surface area contributed by atoms with Crippen LogP contribution in [0.4, 0.5) is 5.69 Å². The maximum Gasteiger partial charge on any atom is 0.273 e. The number of hydrogen-bond donors (Lipinski definition) is 2. The van der Waals surface area contributed by atoms with Crippen LogP contribution in [0.25, 0.3) is 0 Å². The first-order chi connectivity index (χ1) is 14.9. The molecule has 2 aromatic carbocycles. The van der Waals surface area contributed by atoms with Gasteiger partial charge in [-0.25, -0.2) is 0 Å². The van der Waals surface area contributed by atoms with Crippen LogP contribution in [0.1, 0.15) is 27.8 Å². The van der Waals surface area contributed by atoms with Crippen molar-refractivity contribution in [1.29, 1.82) is 0 Å². The molecule has 10 nitrogen and oxygen atoms in total. The number of carbonyl (C=O) groups excluding carboxylic acids is 1. The van der Waals surface area contributed by atoms with E-state index >= 15 is 0 Å². The van der Waals surface area contributed by atoms with Crippen LogP contribution in [0.15, 0.2) is 53.7 Å². The molecule has 3 aromatic rings. The number of carbonyl (C=O) groups is 1. The summed E-state index contributed by atoms with van der Waals surface area (Å²) in [6, 6.07) is 12.3. The fraction of sp³-hybridized carbons (Fsp3) is 0.250. The molecule has 1 heterocycles. The van der Waals surface area contributed by atoms with Crippen molar-refractivity contribution in [2.24, 2.45) is 7.05 Å². The van der Waals surface area contributed by atoms with Crippen molar-refractivity contribution in [1.82, 2.24) is 20.1 Å². The van der Waals surface area contributed by atoms with Crippen LogP contribution >= 0.6 is 11.8 Å². The van der Waals surface area contributed by atoms with Crippen molar-refractivity contribution in [3.63, 3.8) is 0 Å². The van der Waals surface area contributed by atoms with Gasteiger partial charge in [0.15, 0.2) is 11.0 Å². The van der Waals surface area contributed by atoms with E-state index < -0.39 is 11.0 Å². The molecule has 11 heteroatoms. The van der Waals surface area contributed by atoms with Gasteiger partial charge in [-0.2, -0.15) is 0 Å². The lowest BCUT2D eigenvalue weighted by atomic mass is 10.2. The minimum Gasteiger partial charge on any atom is -0.497 e. The van der Waals surface area contributed by atoms with Crippen LogP contribution in [0.5, 0.6) is 5.75 Å². The molecule has 0 bridgehead atoms. The third kappa shape index (κ3) is 5.19. The number of nitro groups is 1. The Hall–Kier alpha value is -3.44. The molecule has 0 spiro atoms. The molecule has 0 fully saturated rings. The van der Waals surface area contributed by atoms with Gasteiger partial charge in [0.1, 0.15) is 11.8 Å². The quantitative estimate of drug-likeness (QED) is 0.293. The molecule has 0 aliphatic carbocycles. The predicted molar refractivity (Wildman–Crippen MR) is 114 cm³/mol. The number of nitrogens with zero attached hydrogens (tertiary/aromatic N) is 4. The monoisotopic (exact) mass is 443 g/mol. The van der Waals surface area contributed by atoms with Crippen molar-refractivity contribution >= 4 is 23.4 Å². The summed E-state index contributed by atoms with van der Waals surface area (Å²) in [4.78, 5) is 23.3. The minimum absolute atomic E-state index is 0.0392. The maximum absolute atomic E-state index is 12.5. The molecule has 0 radical (unpaired) electrons. The number of nitrogens with one attached hydrogen (secondary N) is 1. The second-order valence-electron chi connectivity index (χ2n) is 6.51. The van der Waals surface area contributed by atoms with Crippen LogP contribution in [0.2, 0.25) is 0 Å². The molecule has 2 N–H and O–H groups in total. The molecule has 1 amide bonds. The van der Waals surface area contributed by atoms with E-state index in [-0.39, 0.29) is 18.2 Å². The summed E-state index contributed by atoms with van der Waals surface area (Å²) in [5, 5.41) is 32.4. The molecule has 0 aliphatic heterocycles. The molecular weight excluding hydrogens is 422 g/mol. The van der Waals surface area contributed by atoms with E-state index in [0.29, 0.717) is 33.6 Å². The number of nitro benzene ring substituents is 1. The molecule has 1 aromatic heterocycles. The molecule has 0 saturated carbocycles. The average Bonchev–Trinajstić information content (AvgIpc) is 3.16. The molecular formula is C20H21N5O5S. The van der Waals surface area contributed by atoms with Crippen molar-refractivity contribution < 1.29 is 19.6 Å². The van der Waals surface area contributed by atoms with Crippen molar-refractivity contribution in [3.8, 4) is 5.75 Å². The number of aliphatic hydroxyl groups excluding tert-OH is 1. The van der Waals surface area contributed by atoms with E-state index in [9.17, 15) is 20.0 Å². The van der Waals surface area contributed by atoms with Crippen LogP contribution in [0.3, 0.4) is 0 Å². The van der Waals surface area contributed by atoms with Gasteiger partial charge in [-0.3, -0.25) is 14.9 Å². The number of benzene rings is 2. The van der Waals surface area contributed by atoms with Gasteiger partial charge in [0.25, 0.3) is 11.6 Å². The van der Waals surface area contributed by atoms with Crippen molar-refractivity contribution in [2.75, 3.05) is 13.7 Å². The Morgan fingerprint density at radius 2 is 1.97 bits per heavy atom. The van der Waals surface area contributed by atoms with E-state index in [0.717, 1.165) is 0 Å². The lowest BCUT2D eigenvalue weighted by Gasteiger charge is -2.16. The number of amides is 1. The van der Waals surface area contributed by atoms with Gasteiger partial charge in [-0.15, -0.1) is 10.2 Å². The zero-order valence-corrected chi connectivity index (χ0v) is 17.7. The highest BCUT2D eigenvalue weighted by molar-refractivity contribution is 7.98. The SMILES string of the molecule is COc1ccc(C(=O)N[C@@H](CO)c2nnc(SCc3ccccc3[N+](=O)[O-])n2C)cc1. The third-order valence-corrected chi connectivity index (χ3v) is 5.63. The van der Waals surface area contributed by atoms with Gasteiger partial charge in [0.2, 0.25) is 0 Å². The molecule has 0 saturated heterocycles. The number of hydrogen-bond acceptors (Lipinski definition) is 8. The Labute approximate surface area is 182 Å². The zero-order valence-electron chi connectivity index (χ0n) is 16.9. The summed E-state index contributed by atoms with van der Waals surface area (Å²) in [5.41, 5.74) is 1.01. The highest BCUT2D eigenvalue weighted by Crippen LogP contribution is 2.27. The second-order valence-corrected chi connectivity index (χ2v) is 7.45. The largest absolute Gasteiger partial charge is 0.497 e. The number of ether oxygens (including phenoxy) is 1. The normalized spacial score (nSPS) is 11.7. The minimum atomic E-state index is -0.771. The Kier molecular flexibility index (Phi) is 7.21. The smallest absolute Gasteiger partial charge is 0.273 e. The highest BCUT2D eigenvalue weighted by atomic mass is 32.2. The number of rotatable bonds is 9. The van der Waals surface area contributed by atoms with Gasteiger partial charge in [0, 0.05) is 30.0 Å². The highest BCUT2D eigenvalue weighted by Gasteiger charge is 2.22. The first-order valence-electron chi connectivity index (χ1n) is 9.24. The lowest BCUT2D eigenvalue weighted by Crippen LogP contribution is -2.32. The Morgan fingerprint density at radius 3 is 2.61 bits per heavy atom. The second kappa shape index (κ2) is 10.0. The first kappa shape index (κ1) is 22.2. The Balaban J connectivity index is 1.71. The summed E-state index contributed by atoms with van der Waals surface area (Å²) in [7, 11) is 3.25. The van der Waals surface area contributed by atoms with Gasteiger partial charge < -0.3 is 19.7 Å². The molecule has 0 aliphatic rings. The van der Waals surface area contributed by atoms with Gasteiger partial charge in [-0.1, -0.05) is 30.0 Å². The zero-order chi connectivity index (χ0) is 22.4. The maximum atomic E-state index is 12.5. The fourth-order valence-electron chi connectivity index (χ4n) is 2.88. The van der Waals surface area contributed by atoms with Crippen molar-refractivity contribution in [3.05, 3.63) is 75.6 Å². The lowest BCUT2D eigenvalue weighted by molar-refractivity contribution is -0.385. The molecule has 162 valence electrons. The van der Waals surface area contributed by atoms with Gasteiger partial charge >= 0.3 is 0 Å². The molecule has 3 rings (SSSR count). The predicted octanol–water partition coefficient (Wildman–Crippen LogP) is 2.49. The van der Waals surface area contributed by atoms with Crippen LogP contribution in [-0.2, 0) is 12.8 Å². The number of para-hydroxylation sites is 1. The summed E-state index contributed by atoms with van der Waals surface area (Å²) in [6.07, 6.45) is 0. The van der Waals surface area contributed by atoms with E-state index in [4.69, 9.17) is 4.74 Å². The number of thioether (sulfide) groups is 1. The Bertz CT molecular complexity index is 1070. The van der Waals surface area contributed by atoms with Crippen molar-refractivity contribution in [2.45, 2.75) is 17.0 Å². The average molecular weight is 443 g/mol. The standard InChI is InChI=1S/C20H21N5O5S/c1-24-18(16(11-26)21-19(27)13-7-9-15(30-2)10-8-13)22-23-20(24)31-12-14-5-3-4-6-17(14)25(28)29/h3-10,16,26H,11-12H2,1-2H3,(H,21,27)/t16-/m0/s1. The number of methoxy groups -OCH3 is 1. The summed E-state index contributed by atoms with van der Waals surface area (Å²) >= 11 is 1.28. The number of aliphatic hydroxyl groups is 1. The fourth-order valence-corrected chi connectivity index (χ4v) is 3.80. The first-order valence-corrected chi connectivity index (χ1v) is 10.2. The van der Waals surface area contributed by atoms with Crippen LogP contribution in [0, 0.1) is 10.1 Å². The van der Waals surface area contributed by atoms with E-state index in [1.165, 1.54) is 24.9 Å². The van der Waals surface area contributed by atoms with Gasteiger partial charge in [0.05, 0.1) is 18.6 Å². The summed E-state index contributed by atoms with van der Waals surface area (Å²) in [5.74, 6) is 0.947. The van der Waals surface area contributed by atoms with E-state index in [2.05, 4.69) is 15.5 Å². The van der Waals surface area contributed by atoms with Crippen LogP contribution < -0.4 is 10.1 Å². The third-order valence-electron chi connectivity index (χ3n) is 4.57. The number of aromatic nitrogens is 3. The summed E-state index contributed by atoms with van der Waals surface area (Å²) < 4.78 is 6.73.